The number of carbonyl (C=O) groups is 1. The van der Waals surface area contributed by atoms with Crippen molar-refractivity contribution in [3.8, 4) is 0 Å². The van der Waals surface area contributed by atoms with E-state index in [9.17, 15) is 4.79 Å². The SMILES string of the molecule is O=C(NCCc1c2n(c3ccccc13)CCCC2)C1CCC1. The van der Waals surface area contributed by atoms with Gasteiger partial charge in [0.15, 0.2) is 0 Å². The summed E-state index contributed by atoms with van der Waals surface area (Å²) in [6, 6.07) is 8.74. The van der Waals surface area contributed by atoms with Gasteiger partial charge in [-0.25, -0.2) is 0 Å². The average molecular weight is 296 g/mol. The zero-order valence-corrected chi connectivity index (χ0v) is 13.1. The molecule has 0 radical (unpaired) electrons. The second-order valence-electron chi connectivity index (χ2n) is 6.72. The van der Waals surface area contributed by atoms with Crippen molar-refractivity contribution in [2.75, 3.05) is 6.54 Å². The van der Waals surface area contributed by atoms with E-state index in [1.54, 1.807) is 0 Å². The highest BCUT2D eigenvalue weighted by Crippen LogP contribution is 2.31. The lowest BCUT2D eigenvalue weighted by Crippen LogP contribution is -2.35. The lowest BCUT2D eigenvalue weighted by molar-refractivity contribution is -0.127. The van der Waals surface area contributed by atoms with E-state index in [1.807, 2.05) is 0 Å². The maximum absolute atomic E-state index is 12.0. The molecule has 1 aromatic heterocycles. The first kappa shape index (κ1) is 13.9. The largest absolute Gasteiger partial charge is 0.356 e. The highest BCUT2D eigenvalue weighted by Gasteiger charge is 2.25. The van der Waals surface area contributed by atoms with Crippen LogP contribution in [0.1, 0.15) is 43.4 Å². The minimum absolute atomic E-state index is 0.267. The molecule has 0 spiro atoms. The molecule has 3 heteroatoms. The Kier molecular flexibility index (Phi) is 3.65. The van der Waals surface area contributed by atoms with Crippen LogP contribution in [-0.4, -0.2) is 17.0 Å². The molecule has 0 unspecified atom stereocenters. The number of hydrogen-bond acceptors (Lipinski definition) is 1. The van der Waals surface area contributed by atoms with E-state index in [0.717, 1.165) is 32.4 Å². The van der Waals surface area contributed by atoms with Crippen molar-refractivity contribution in [1.29, 1.82) is 0 Å². The summed E-state index contributed by atoms with van der Waals surface area (Å²) in [6.07, 6.45) is 8.09. The predicted molar refractivity (Wildman–Crippen MR) is 88.9 cm³/mol. The number of rotatable bonds is 4. The predicted octanol–water partition coefficient (Wildman–Crippen LogP) is 3.44. The van der Waals surface area contributed by atoms with E-state index in [4.69, 9.17) is 0 Å². The van der Waals surface area contributed by atoms with Gasteiger partial charge in [-0.05, 0) is 50.2 Å². The van der Waals surface area contributed by atoms with Gasteiger partial charge < -0.3 is 9.88 Å². The molecule has 116 valence electrons. The van der Waals surface area contributed by atoms with E-state index in [1.165, 1.54) is 47.8 Å². The molecule has 1 aromatic carbocycles. The topological polar surface area (TPSA) is 34.0 Å². The zero-order chi connectivity index (χ0) is 14.9. The summed E-state index contributed by atoms with van der Waals surface area (Å²) < 4.78 is 2.50. The van der Waals surface area contributed by atoms with Gasteiger partial charge in [-0.2, -0.15) is 0 Å². The van der Waals surface area contributed by atoms with Gasteiger partial charge in [-0.1, -0.05) is 24.6 Å². The van der Waals surface area contributed by atoms with Crippen molar-refractivity contribution in [2.24, 2.45) is 5.92 Å². The molecule has 1 aliphatic heterocycles. The molecule has 22 heavy (non-hydrogen) atoms. The van der Waals surface area contributed by atoms with E-state index in [2.05, 4.69) is 34.1 Å². The van der Waals surface area contributed by atoms with Crippen LogP contribution >= 0.6 is 0 Å². The van der Waals surface area contributed by atoms with Crippen LogP contribution in [0.25, 0.3) is 10.9 Å². The summed E-state index contributed by atoms with van der Waals surface area (Å²) in [7, 11) is 0. The Balaban J connectivity index is 1.54. The van der Waals surface area contributed by atoms with Crippen molar-refractivity contribution in [3.05, 3.63) is 35.5 Å². The van der Waals surface area contributed by atoms with Gasteiger partial charge in [-0.3, -0.25) is 4.79 Å². The zero-order valence-electron chi connectivity index (χ0n) is 13.1. The molecule has 2 aromatic rings. The number of benzene rings is 1. The number of nitrogens with zero attached hydrogens (tertiary/aromatic N) is 1. The molecule has 1 saturated carbocycles. The summed E-state index contributed by atoms with van der Waals surface area (Å²) in [4.78, 5) is 12.0. The quantitative estimate of drug-likeness (QED) is 0.921. The summed E-state index contributed by atoms with van der Waals surface area (Å²) in [5, 5.41) is 4.53. The Labute approximate surface area is 131 Å². The number of carbonyl (C=O) groups excluding carboxylic acids is 1. The second kappa shape index (κ2) is 5.79. The fourth-order valence-corrected chi connectivity index (χ4v) is 3.94. The van der Waals surface area contributed by atoms with Crippen molar-refractivity contribution in [1.82, 2.24) is 9.88 Å². The third-order valence-electron chi connectivity index (χ3n) is 5.39. The monoisotopic (exact) mass is 296 g/mol. The number of aryl methyl sites for hydroxylation is 1. The van der Waals surface area contributed by atoms with Crippen molar-refractivity contribution in [2.45, 2.75) is 51.5 Å². The minimum atomic E-state index is 0.267. The standard InChI is InChI=1S/C19H24N2O/c22-19(14-6-5-7-14)20-12-11-16-15-8-1-2-9-17(15)21-13-4-3-10-18(16)21/h1-2,8-9,14H,3-7,10-13H2,(H,20,22). The number of aromatic nitrogens is 1. The van der Waals surface area contributed by atoms with Gasteiger partial charge in [0.1, 0.15) is 0 Å². The molecule has 1 amide bonds. The summed E-state index contributed by atoms with van der Waals surface area (Å²) >= 11 is 0. The summed E-state index contributed by atoms with van der Waals surface area (Å²) in [5.74, 6) is 0.559. The molecule has 2 heterocycles. The Bertz CT molecular complexity index is 697. The van der Waals surface area contributed by atoms with Gasteiger partial charge in [0.25, 0.3) is 0 Å². The van der Waals surface area contributed by atoms with E-state index in [-0.39, 0.29) is 5.91 Å². The number of amides is 1. The molecular weight excluding hydrogens is 272 g/mol. The van der Waals surface area contributed by atoms with Crippen LogP contribution in [0, 0.1) is 5.92 Å². The number of hydrogen-bond donors (Lipinski definition) is 1. The van der Waals surface area contributed by atoms with Gasteiger partial charge >= 0.3 is 0 Å². The third-order valence-corrected chi connectivity index (χ3v) is 5.39. The van der Waals surface area contributed by atoms with Crippen LogP contribution in [0.2, 0.25) is 0 Å². The molecule has 1 N–H and O–H groups in total. The fraction of sp³-hybridized carbons (Fsp3) is 0.526. The normalized spacial score (nSPS) is 18.0. The van der Waals surface area contributed by atoms with Crippen molar-refractivity contribution in [3.63, 3.8) is 0 Å². The molecule has 1 aliphatic carbocycles. The summed E-state index contributed by atoms with van der Waals surface area (Å²) in [5.41, 5.74) is 4.34. The number of fused-ring (bicyclic) bond motifs is 3. The molecule has 0 atom stereocenters. The first-order valence-electron chi connectivity index (χ1n) is 8.71. The fourth-order valence-electron chi connectivity index (χ4n) is 3.94. The van der Waals surface area contributed by atoms with Crippen LogP contribution in [0.15, 0.2) is 24.3 Å². The Morgan fingerprint density at radius 1 is 1.18 bits per heavy atom. The Morgan fingerprint density at radius 2 is 2.05 bits per heavy atom. The molecule has 0 saturated heterocycles. The molecule has 3 nitrogen and oxygen atoms in total. The van der Waals surface area contributed by atoms with Crippen LogP contribution in [0.4, 0.5) is 0 Å². The Hall–Kier alpha value is -1.77. The van der Waals surface area contributed by atoms with Crippen LogP contribution in [0.3, 0.4) is 0 Å². The highest BCUT2D eigenvalue weighted by atomic mass is 16.1. The maximum Gasteiger partial charge on any atom is 0.223 e. The summed E-state index contributed by atoms with van der Waals surface area (Å²) in [6.45, 7) is 1.92. The number of nitrogens with one attached hydrogen (secondary N) is 1. The van der Waals surface area contributed by atoms with E-state index < -0.39 is 0 Å². The number of para-hydroxylation sites is 1. The van der Waals surface area contributed by atoms with Gasteiger partial charge in [-0.15, -0.1) is 0 Å². The average Bonchev–Trinajstić information content (AvgIpc) is 2.81. The van der Waals surface area contributed by atoms with Gasteiger partial charge in [0.05, 0.1) is 0 Å². The third kappa shape index (κ3) is 2.33. The van der Waals surface area contributed by atoms with Gasteiger partial charge in [0.2, 0.25) is 5.91 Å². The molecule has 0 bridgehead atoms. The van der Waals surface area contributed by atoms with Crippen LogP contribution in [0.5, 0.6) is 0 Å². The first-order chi connectivity index (χ1) is 10.8. The van der Waals surface area contributed by atoms with Gasteiger partial charge in [0, 0.05) is 35.6 Å². The van der Waals surface area contributed by atoms with Crippen LogP contribution in [-0.2, 0) is 24.2 Å². The second-order valence-corrected chi connectivity index (χ2v) is 6.72. The van der Waals surface area contributed by atoms with Crippen molar-refractivity contribution >= 4 is 16.8 Å². The molecule has 4 rings (SSSR count). The van der Waals surface area contributed by atoms with Crippen molar-refractivity contribution < 1.29 is 4.79 Å². The smallest absolute Gasteiger partial charge is 0.223 e. The first-order valence-corrected chi connectivity index (χ1v) is 8.71. The molecule has 2 aliphatic rings. The van der Waals surface area contributed by atoms with E-state index in [0.29, 0.717) is 5.92 Å². The van der Waals surface area contributed by atoms with Crippen LogP contribution < -0.4 is 5.32 Å². The maximum atomic E-state index is 12.0. The van der Waals surface area contributed by atoms with E-state index >= 15 is 0 Å². The molecular formula is C19H24N2O. The Morgan fingerprint density at radius 3 is 2.86 bits per heavy atom. The minimum Gasteiger partial charge on any atom is -0.356 e. The lowest BCUT2D eigenvalue weighted by atomic mass is 9.85. The highest BCUT2D eigenvalue weighted by molar-refractivity contribution is 5.86. The lowest BCUT2D eigenvalue weighted by Gasteiger charge is -2.24. The molecule has 1 fully saturated rings.